The van der Waals surface area contributed by atoms with Crippen LogP contribution in [0.4, 0.5) is 5.88 Å². The molecule has 134 valence electrons. The van der Waals surface area contributed by atoms with Crippen LogP contribution in [0.1, 0.15) is 55.4 Å². The summed E-state index contributed by atoms with van der Waals surface area (Å²) in [4.78, 5) is 24.6. The minimum atomic E-state index is 0.0416. The quantitative estimate of drug-likeness (QED) is 0.874. The van der Waals surface area contributed by atoms with E-state index in [4.69, 9.17) is 9.40 Å². The first kappa shape index (κ1) is 16.4. The van der Waals surface area contributed by atoms with Gasteiger partial charge in [0.2, 0.25) is 0 Å². The molecule has 0 aromatic carbocycles. The molecule has 6 nitrogen and oxygen atoms in total. The van der Waals surface area contributed by atoms with E-state index in [0.29, 0.717) is 12.5 Å². The molecule has 3 heterocycles. The van der Waals surface area contributed by atoms with Gasteiger partial charge < -0.3 is 14.3 Å². The molecular weight excluding hydrogens is 316 g/mol. The molecule has 4 rings (SSSR count). The average molecular weight is 342 g/mol. The second-order valence-corrected chi connectivity index (χ2v) is 7.02. The van der Waals surface area contributed by atoms with Crippen molar-refractivity contribution in [3.63, 3.8) is 0 Å². The molecule has 0 atom stereocenters. The van der Waals surface area contributed by atoms with Crippen LogP contribution in [0.3, 0.4) is 0 Å². The minimum absolute atomic E-state index is 0.0416. The van der Waals surface area contributed by atoms with Gasteiger partial charge in [-0.3, -0.25) is 9.69 Å². The Labute approximate surface area is 147 Å². The van der Waals surface area contributed by atoms with Crippen LogP contribution in [0.15, 0.2) is 21.3 Å². The molecule has 0 spiro atoms. The van der Waals surface area contributed by atoms with Gasteiger partial charge in [-0.1, -0.05) is 0 Å². The van der Waals surface area contributed by atoms with Gasteiger partial charge in [-0.2, -0.15) is 0 Å². The normalized spacial score (nSPS) is 17.5. The second-order valence-electron chi connectivity index (χ2n) is 7.02. The third-order valence-electron chi connectivity index (χ3n) is 5.23. The van der Waals surface area contributed by atoms with E-state index in [1.165, 1.54) is 0 Å². The van der Waals surface area contributed by atoms with E-state index in [9.17, 15) is 4.79 Å². The van der Waals surface area contributed by atoms with Crippen molar-refractivity contribution in [3.8, 4) is 0 Å². The van der Waals surface area contributed by atoms with Crippen LogP contribution in [0.25, 0.3) is 0 Å². The van der Waals surface area contributed by atoms with Gasteiger partial charge in [0.25, 0.3) is 5.56 Å². The average Bonchev–Trinajstić information content (AvgIpc) is 3.37. The van der Waals surface area contributed by atoms with E-state index in [-0.39, 0.29) is 5.56 Å². The summed E-state index contributed by atoms with van der Waals surface area (Å²) >= 11 is 0. The number of aromatic nitrogens is 2. The number of H-pyrrole nitrogens is 1. The Morgan fingerprint density at radius 3 is 2.84 bits per heavy atom. The zero-order valence-corrected chi connectivity index (χ0v) is 15.0. The minimum Gasteiger partial charge on any atom is -0.444 e. The Morgan fingerprint density at radius 2 is 2.12 bits per heavy atom. The number of hydrogen-bond acceptors (Lipinski definition) is 5. The summed E-state index contributed by atoms with van der Waals surface area (Å²) in [5.74, 6) is 3.25. The van der Waals surface area contributed by atoms with Gasteiger partial charge in [-0.15, -0.1) is 0 Å². The van der Waals surface area contributed by atoms with Crippen molar-refractivity contribution in [2.24, 2.45) is 0 Å². The molecule has 25 heavy (non-hydrogen) atoms. The number of rotatable bonds is 6. The van der Waals surface area contributed by atoms with Crippen LogP contribution in [0, 0.1) is 0 Å². The van der Waals surface area contributed by atoms with Crippen molar-refractivity contribution in [3.05, 3.63) is 45.3 Å². The molecule has 1 aliphatic heterocycles. The lowest BCUT2D eigenvalue weighted by molar-refractivity contribution is 0.222. The van der Waals surface area contributed by atoms with E-state index in [1.54, 1.807) is 0 Å². The first-order valence-electron chi connectivity index (χ1n) is 9.36. The first-order chi connectivity index (χ1) is 12.2. The third kappa shape index (κ3) is 3.35. The fourth-order valence-electron chi connectivity index (χ4n) is 3.56. The maximum absolute atomic E-state index is 12.4. The number of hydrogen-bond donors (Lipinski definition) is 1. The number of fused-ring (bicyclic) bond motifs is 1. The van der Waals surface area contributed by atoms with Crippen molar-refractivity contribution in [1.82, 2.24) is 14.9 Å². The van der Waals surface area contributed by atoms with Crippen molar-refractivity contribution < 1.29 is 4.42 Å². The monoisotopic (exact) mass is 342 g/mol. The third-order valence-corrected chi connectivity index (χ3v) is 5.23. The molecule has 0 unspecified atom stereocenters. The van der Waals surface area contributed by atoms with Crippen molar-refractivity contribution in [2.75, 3.05) is 24.5 Å². The van der Waals surface area contributed by atoms with Gasteiger partial charge in [-0.05, 0) is 32.8 Å². The van der Waals surface area contributed by atoms with Crippen molar-refractivity contribution in [2.45, 2.75) is 52.1 Å². The van der Waals surface area contributed by atoms with Crippen molar-refractivity contribution >= 4 is 5.88 Å². The molecule has 1 N–H and O–H groups in total. The Kier molecular flexibility index (Phi) is 4.37. The fraction of sp³-hybridized carbons (Fsp3) is 0.579. The SMILES string of the molecule is CCN(CC)c1ccc(CN2CCc3nc(C4CC4)[nH]c(=O)c3C2)o1. The second kappa shape index (κ2) is 6.67. The van der Waals surface area contributed by atoms with Gasteiger partial charge in [0.15, 0.2) is 5.88 Å². The standard InChI is InChI=1S/C19H26N4O2/c1-3-23(4-2)17-8-7-14(25-17)11-22-10-9-16-15(12-22)19(24)21-18(20-16)13-5-6-13/h7-8,13H,3-6,9-12H2,1-2H3,(H,20,21,24). The van der Waals surface area contributed by atoms with Gasteiger partial charge >= 0.3 is 0 Å². The summed E-state index contributed by atoms with van der Waals surface area (Å²) in [5, 5.41) is 0. The molecule has 6 heteroatoms. The molecule has 1 fully saturated rings. The Morgan fingerprint density at radius 1 is 1.32 bits per heavy atom. The van der Waals surface area contributed by atoms with Gasteiger partial charge in [-0.25, -0.2) is 4.98 Å². The summed E-state index contributed by atoms with van der Waals surface area (Å²) < 4.78 is 5.99. The Balaban J connectivity index is 1.47. The number of aromatic amines is 1. The zero-order chi connectivity index (χ0) is 17.4. The molecule has 0 saturated heterocycles. The Bertz CT molecular complexity index is 802. The first-order valence-corrected chi connectivity index (χ1v) is 9.36. The molecule has 0 amide bonds. The van der Waals surface area contributed by atoms with Crippen LogP contribution in [0.2, 0.25) is 0 Å². The van der Waals surface area contributed by atoms with E-state index < -0.39 is 0 Å². The van der Waals surface area contributed by atoms with Crippen molar-refractivity contribution in [1.29, 1.82) is 0 Å². The lowest BCUT2D eigenvalue weighted by Gasteiger charge is -2.27. The molecular formula is C19H26N4O2. The smallest absolute Gasteiger partial charge is 0.255 e. The molecule has 2 aliphatic rings. The summed E-state index contributed by atoms with van der Waals surface area (Å²) in [7, 11) is 0. The van der Waals surface area contributed by atoms with E-state index >= 15 is 0 Å². The lowest BCUT2D eigenvalue weighted by atomic mass is 10.1. The highest BCUT2D eigenvalue weighted by atomic mass is 16.4. The van der Waals surface area contributed by atoms with E-state index in [2.05, 4.69) is 28.6 Å². The molecule has 2 aromatic heterocycles. The summed E-state index contributed by atoms with van der Waals surface area (Å²) in [6.07, 6.45) is 3.14. The number of nitrogens with zero attached hydrogens (tertiary/aromatic N) is 3. The topological polar surface area (TPSA) is 65.4 Å². The fourth-order valence-corrected chi connectivity index (χ4v) is 3.56. The number of furan rings is 1. The van der Waals surface area contributed by atoms with E-state index in [0.717, 1.165) is 74.2 Å². The lowest BCUT2D eigenvalue weighted by Crippen LogP contribution is -2.35. The zero-order valence-electron chi connectivity index (χ0n) is 15.0. The highest BCUT2D eigenvalue weighted by molar-refractivity contribution is 5.36. The number of anilines is 1. The summed E-state index contributed by atoms with van der Waals surface area (Å²) in [6.45, 7) is 8.41. The maximum Gasteiger partial charge on any atom is 0.255 e. The summed E-state index contributed by atoms with van der Waals surface area (Å²) in [5.41, 5.74) is 1.86. The molecule has 1 saturated carbocycles. The highest BCUT2D eigenvalue weighted by Crippen LogP contribution is 2.37. The summed E-state index contributed by atoms with van der Waals surface area (Å²) in [6, 6.07) is 4.08. The van der Waals surface area contributed by atoms with Gasteiger partial charge in [0, 0.05) is 44.6 Å². The largest absolute Gasteiger partial charge is 0.444 e. The maximum atomic E-state index is 12.4. The number of nitrogens with one attached hydrogen (secondary N) is 1. The van der Waals surface area contributed by atoms with Gasteiger partial charge in [0.1, 0.15) is 11.6 Å². The molecule has 0 bridgehead atoms. The molecule has 1 aliphatic carbocycles. The van der Waals surface area contributed by atoms with Gasteiger partial charge in [0.05, 0.1) is 17.8 Å². The predicted octanol–water partition coefficient (Wildman–Crippen LogP) is 2.64. The van der Waals surface area contributed by atoms with Crippen LogP contribution in [-0.2, 0) is 19.5 Å². The van der Waals surface area contributed by atoms with Crippen LogP contribution < -0.4 is 10.5 Å². The predicted molar refractivity (Wildman–Crippen MR) is 96.9 cm³/mol. The highest BCUT2D eigenvalue weighted by Gasteiger charge is 2.29. The van der Waals surface area contributed by atoms with Crippen LogP contribution >= 0.6 is 0 Å². The van der Waals surface area contributed by atoms with E-state index in [1.807, 2.05) is 12.1 Å². The molecule has 2 aromatic rings. The van der Waals surface area contributed by atoms with Crippen LogP contribution in [-0.4, -0.2) is 34.5 Å². The van der Waals surface area contributed by atoms with Crippen LogP contribution in [0.5, 0.6) is 0 Å². The molecule has 0 radical (unpaired) electrons. The Hall–Kier alpha value is -2.08.